The van der Waals surface area contributed by atoms with Crippen LogP contribution >= 0.6 is 0 Å². The average molecular weight is 840 g/mol. The van der Waals surface area contributed by atoms with Gasteiger partial charge in [0.15, 0.2) is 0 Å². The van der Waals surface area contributed by atoms with Gasteiger partial charge in [0.2, 0.25) is 0 Å². The van der Waals surface area contributed by atoms with Crippen LogP contribution in [0.3, 0.4) is 0 Å². The molecule has 7 aromatic rings. The molecule has 0 amide bonds. The number of rotatable bonds is 6. The Kier molecular flexibility index (Phi) is 9.43. The van der Waals surface area contributed by atoms with E-state index in [0.717, 1.165) is 62.4 Å². The van der Waals surface area contributed by atoms with Crippen LogP contribution in [0.1, 0.15) is 69.6 Å². The van der Waals surface area contributed by atoms with Crippen LogP contribution in [-0.2, 0) is 32.9 Å². The Labute approximate surface area is 310 Å². The number of benzene rings is 4. The van der Waals surface area contributed by atoms with Crippen molar-refractivity contribution in [3.8, 4) is 34.1 Å². The fraction of sp³-hybridized carbons (Fsp3) is 0.273. The predicted octanol–water partition coefficient (Wildman–Crippen LogP) is 11.2. The number of ether oxygens (including phenoxy) is 1. The first-order chi connectivity index (χ1) is 23.2. The summed E-state index contributed by atoms with van der Waals surface area (Å²) in [4.78, 5) is 4.78. The van der Waals surface area contributed by atoms with Crippen molar-refractivity contribution >= 4 is 21.8 Å². The van der Waals surface area contributed by atoms with Gasteiger partial charge >= 0.3 is 21.1 Å². The molecule has 0 atom stereocenters. The molecule has 0 unspecified atom stereocenters. The fourth-order valence-corrected chi connectivity index (χ4v) is 6.82. The summed E-state index contributed by atoms with van der Waals surface area (Å²) in [7, 11) is 0. The van der Waals surface area contributed by atoms with Gasteiger partial charge in [0.05, 0.1) is 5.69 Å². The maximum atomic E-state index is 6.67. The minimum atomic E-state index is 0. The summed E-state index contributed by atoms with van der Waals surface area (Å²) in [6.45, 7) is 19.8. The van der Waals surface area contributed by atoms with Gasteiger partial charge in [-0.2, -0.15) is 16.7 Å². The van der Waals surface area contributed by atoms with Crippen LogP contribution in [0.4, 0.5) is 0 Å². The zero-order valence-electron chi connectivity index (χ0n) is 30.4. The summed E-state index contributed by atoms with van der Waals surface area (Å²) in [5, 5.41) is 7.28. The van der Waals surface area contributed by atoms with Crippen molar-refractivity contribution in [2.75, 3.05) is 0 Å². The number of pyridine rings is 1. The zero-order valence-corrected chi connectivity index (χ0v) is 32.7. The Bertz CT molecular complexity index is 2340. The number of fused-ring (bicyclic) bond motifs is 3. The third-order valence-electron chi connectivity index (χ3n) is 9.07. The van der Waals surface area contributed by atoms with Gasteiger partial charge in [-0.05, 0) is 84.0 Å². The summed E-state index contributed by atoms with van der Waals surface area (Å²) in [5.41, 5.74) is 10.9. The van der Waals surface area contributed by atoms with E-state index in [1.54, 1.807) is 0 Å². The maximum absolute atomic E-state index is 6.67. The van der Waals surface area contributed by atoms with Crippen LogP contribution in [-0.4, -0.2) is 19.3 Å². The van der Waals surface area contributed by atoms with E-state index in [0.29, 0.717) is 11.5 Å². The van der Waals surface area contributed by atoms with Crippen molar-refractivity contribution in [1.29, 1.82) is 0 Å². The van der Waals surface area contributed by atoms with Gasteiger partial charge < -0.3 is 9.30 Å². The Morgan fingerprint density at radius 1 is 0.760 bits per heavy atom. The molecule has 0 saturated carbocycles. The quantitative estimate of drug-likeness (QED) is 0.157. The molecule has 0 bridgehead atoms. The second-order valence-electron chi connectivity index (χ2n) is 15.5. The molecule has 0 radical (unpaired) electrons. The second kappa shape index (κ2) is 13.3. The molecule has 0 aliphatic heterocycles. The minimum absolute atomic E-state index is 0. The Morgan fingerprint density at radius 3 is 2.22 bits per heavy atom. The molecule has 5 nitrogen and oxygen atoms in total. The van der Waals surface area contributed by atoms with Crippen LogP contribution in [0.2, 0.25) is 0 Å². The normalized spacial score (nSPS) is 12.0. The van der Waals surface area contributed by atoms with Gasteiger partial charge in [-0.25, -0.2) is 4.98 Å². The first-order valence-electron chi connectivity index (χ1n) is 17.1. The number of hydrogen-bond donors (Lipinski definition) is 0. The van der Waals surface area contributed by atoms with Crippen LogP contribution < -0.4 is 4.74 Å². The molecule has 0 saturated heterocycles. The molecule has 0 spiro atoms. The van der Waals surface area contributed by atoms with Crippen molar-refractivity contribution in [2.24, 2.45) is 5.41 Å². The first-order valence-corrected chi connectivity index (χ1v) is 17.1. The van der Waals surface area contributed by atoms with Crippen molar-refractivity contribution < 1.29 is 25.8 Å². The fourth-order valence-electron chi connectivity index (χ4n) is 6.82. The van der Waals surface area contributed by atoms with Gasteiger partial charge in [-0.1, -0.05) is 89.5 Å². The Morgan fingerprint density at radius 2 is 1.52 bits per heavy atom. The van der Waals surface area contributed by atoms with Crippen LogP contribution in [0.15, 0.2) is 91.1 Å². The Balaban J connectivity index is 0.00000432. The largest absolute Gasteiger partial charge is 2.00 e. The van der Waals surface area contributed by atoms with Crippen molar-refractivity contribution in [3.05, 3.63) is 131 Å². The van der Waals surface area contributed by atoms with Crippen molar-refractivity contribution in [1.82, 2.24) is 19.3 Å². The summed E-state index contributed by atoms with van der Waals surface area (Å²) in [5.74, 6) is 2.11. The van der Waals surface area contributed by atoms with E-state index in [-0.39, 0.29) is 31.9 Å². The van der Waals surface area contributed by atoms with Crippen molar-refractivity contribution in [2.45, 2.75) is 74.1 Å². The molecule has 7 rings (SSSR count). The topological polar surface area (TPSA) is 44.9 Å². The molecule has 4 aromatic carbocycles. The predicted molar refractivity (Wildman–Crippen MR) is 201 cm³/mol. The van der Waals surface area contributed by atoms with E-state index in [2.05, 4.69) is 146 Å². The molecule has 3 heterocycles. The summed E-state index contributed by atoms with van der Waals surface area (Å²) in [6, 6.07) is 37.0. The molecular weight excluding hydrogens is 796 g/mol. The van der Waals surface area contributed by atoms with Gasteiger partial charge in [0.1, 0.15) is 5.82 Å². The molecule has 0 fully saturated rings. The second-order valence-corrected chi connectivity index (χ2v) is 15.5. The van der Waals surface area contributed by atoms with Gasteiger partial charge in [0, 0.05) is 34.5 Å². The van der Waals surface area contributed by atoms with E-state index >= 15 is 0 Å². The SMILES string of the molecule is Cc1ccnc(-n2c3[c-]c(Oc4[c-]c(-n5nc(C)c(-c6ccccc6)c5C)cc(CC(C)(C)C)c4)ccc3c3cc(C(C)(C)C)ccc32)c1.[Pt+2]. The number of nitrogens with zero attached hydrogens (tertiary/aromatic N) is 4. The van der Waals surface area contributed by atoms with E-state index < -0.39 is 0 Å². The molecule has 0 aliphatic rings. The molecule has 3 aromatic heterocycles. The van der Waals surface area contributed by atoms with E-state index in [1.165, 1.54) is 16.5 Å². The maximum Gasteiger partial charge on any atom is 2.00 e. The molecule has 6 heteroatoms. The van der Waals surface area contributed by atoms with E-state index in [9.17, 15) is 0 Å². The smallest absolute Gasteiger partial charge is 0.509 e. The van der Waals surface area contributed by atoms with E-state index in [4.69, 9.17) is 14.8 Å². The summed E-state index contributed by atoms with van der Waals surface area (Å²) in [6.07, 6.45) is 2.74. The monoisotopic (exact) mass is 839 g/mol. The molecule has 0 N–H and O–H groups in total. The molecule has 0 aliphatic carbocycles. The zero-order chi connectivity index (χ0) is 34.7. The minimum Gasteiger partial charge on any atom is -0.509 e. The standard InChI is InChI=1S/C44H44N4O.Pt/c1-28-19-20-45-41(21-28)47-39-18-15-33(44(7,8)9)24-38(39)37-17-16-35(26-40(37)47)49-36-23-31(27-43(4,5)6)22-34(25-36)48-30(3)42(29(2)46-48)32-13-11-10-12-14-32;/h10-24H,27H2,1-9H3;/q-2;+2. The van der Waals surface area contributed by atoms with E-state index in [1.807, 2.05) is 29.1 Å². The first kappa shape index (κ1) is 35.4. The molecule has 256 valence electrons. The number of hydrogen-bond acceptors (Lipinski definition) is 3. The summed E-state index contributed by atoms with van der Waals surface area (Å²) < 4.78 is 10.9. The van der Waals surface area contributed by atoms with Crippen LogP contribution in [0.25, 0.3) is 44.4 Å². The van der Waals surface area contributed by atoms with Gasteiger partial charge in [0.25, 0.3) is 0 Å². The van der Waals surface area contributed by atoms with Gasteiger partial charge in [-0.15, -0.1) is 35.7 Å². The van der Waals surface area contributed by atoms with Crippen LogP contribution in [0, 0.1) is 38.3 Å². The average Bonchev–Trinajstić information content (AvgIpc) is 3.52. The molecule has 50 heavy (non-hydrogen) atoms. The third kappa shape index (κ3) is 6.94. The number of aromatic nitrogens is 4. The van der Waals surface area contributed by atoms with Crippen molar-refractivity contribution in [3.63, 3.8) is 0 Å². The van der Waals surface area contributed by atoms with Gasteiger partial charge in [-0.3, -0.25) is 4.68 Å². The molecular formula is C44H44N4OPt. The van der Waals surface area contributed by atoms with Crippen LogP contribution in [0.5, 0.6) is 11.5 Å². The summed E-state index contributed by atoms with van der Waals surface area (Å²) >= 11 is 0. The number of aryl methyl sites for hydroxylation is 2. The third-order valence-corrected chi connectivity index (χ3v) is 9.07. The Hall–Kier alpha value is -4.47.